The van der Waals surface area contributed by atoms with Crippen LogP contribution >= 0.6 is 0 Å². The van der Waals surface area contributed by atoms with Crippen LogP contribution in [-0.4, -0.2) is 40.9 Å². The molecular weight excluding hydrogens is 427 g/mol. The number of carbonyl (C=O) groups is 2. The summed E-state index contributed by atoms with van der Waals surface area (Å²) in [5.41, 5.74) is 1.06. The SMILES string of the molecule is CNC(=O)c1cnc(NC(=O)C(C)(C)C)cc1Nc1cccc(-c2ncc(F)cn2)c1OC. The van der Waals surface area contributed by atoms with Crippen molar-refractivity contribution in [2.45, 2.75) is 20.8 Å². The molecule has 3 aromatic rings. The second-order valence-electron chi connectivity index (χ2n) is 8.13. The molecule has 0 spiro atoms. The molecule has 9 nitrogen and oxygen atoms in total. The van der Waals surface area contributed by atoms with Crippen molar-refractivity contribution < 1.29 is 18.7 Å². The molecule has 3 N–H and O–H groups in total. The minimum atomic E-state index is -0.624. The largest absolute Gasteiger partial charge is 0.494 e. The van der Waals surface area contributed by atoms with Crippen molar-refractivity contribution in [2.24, 2.45) is 5.41 Å². The van der Waals surface area contributed by atoms with Crippen molar-refractivity contribution >= 4 is 29.0 Å². The van der Waals surface area contributed by atoms with E-state index in [0.717, 1.165) is 12.4 Å². The molecule has 3 rings (SSSR count). The average Bonchev–Trinajstić information content (AvgIpc) is 2.78. The van der Waals surface area contributed by atoms with E-state index in [2.05, 4.69) is 30.9 Å². The zero-order chi connectivity index (χ0) is 24.2. The Morgan fingerprint density at radius 1 is 1.03 bits per heavy atom. The van der Waals surface area contributed by atoms with Gasteiger partial charge in [0, 0.05) is 24.7 Å². The molecule has 0 aliphatic rings. The molecule has 0 aliphatic heterocycles. The first-order valence-electron chi connectivity index (χ1n) is 10.1. The molecule has 0 bridgehead atoms. The molecule has 0 atom stereocenters. The van der Waals surface area contributed by atoms with Crippen molar-refractivity contribution in [3.8, 4) is 17.1 Å². The van der Waals surface area contributed by atoms with E-state index < -0.39 is 11.2 Å². The number of anilines is 3. The van der Waals surface area contributed by atoms with Gasteiger partial charge in [0.15, 0.2) is 17.4 Å². The van der Waals surface area contributed by atoms with Crippen molar-refractivity contribution in [3.05, 3.63) is 54.2 Å². The molecule has 172 valence electrons. The number of para-hydroxylation sites is 1. The van der Waals surface area contributed by atoms with E-state index >= 15 is 0 Å². The molecule has 0 fully saturated rings. The van der Waals surface area contributed by atoms with Gasteiger partial charge < -0.3 is 20.7 Å². The van der Waals surface area contributed by atoms with Crippen LogP contribution in [0.15, 0.2) is 42.9 Å². The molecule has 33 heavy (non-hydrogen) atoms. The fraction of sp³-hybridized carbons (Fsp3) is 0.261. The lowest BCUT2D eigenvalue weighted by atomic mass is 9.96. The van der Waals surface area contributed by atoms with Gasteiger partial charge in [-0.05, 0) is 12.1 Å². The Bertz CT molecular complexity index is 1180. The first-order chi connectivity index (χ1) is 15.6. The molecule has 1 aromatic carbocycles. The number of halogens is 1. The highest BCUT2D eigenvalue weighted by molar-refractivity contribution is 6.01. The third kappa shape index (κ3) is 5.40. The topological polar surface area (TPSA) is 118 Å². The number of amides is 2. The van der Waals surface area contributed by atoms with E-state index in [4.69, 9.17) is 4.74 Å². The average molecular weight is 452 g/mol. The van der Waals surface area contributed by atoms with Crippen LogP contribution in [0.4, 0.5) is 21.6 Å². The van der Waals surface area contributed by atoms with Crippen molar-refractivity contribution in [1.82, 2.24) is 20.3 Å². The van der Waals surface area contributed by atoms with Gasteiger partial charge in [-0.3, -0.25) is 9.59 Å². The summed E-state index contributed by atoms with van der Waals surface area (Å²) >= 11 is 0. The van der Waals surface area contributed by atoms with E-state index in [1.165, 1.54) is 20.4 Å². The number of pyridine rings is 1. The van der Waals surface area contributed by atoms with Gasteiger partial charge in [0.05, 0.1) is 42.0 Å². The van der Waals surface area contributed by atoms with Gasteiger partial charge in [-0.1, -0.05) is 26.8 Å². The van der Waals surface area contributed by atoms with E-state index in [1.807, 2.05) is 0 Å². The summed E-state index contributed by atoms with van der Waals surface area (Å²) in [4.78, 5) is 37.1. The summed E-state index contributed by atoms with van der Waals surface area (Å²) in [6.45, 7) is 5.36. The van der Waals surface area contributed by atoms with Crippen LogP contribution in [0.3, 0.4) is 0 Å². The lowest BCUT2D eigenvalue weighted by molar-refractivity contribution is -0.123. The number of carbonyl (C=O) groups excluding carboxylic acids is 2. The zero-order valence-corrected chi connectivity index (χ0v) is 19.0. The predicted octanol–water partition coefficient (Wildman–Crippen LogP) is 3.77. The van der Waals surface area contributed by atoms with Gasteiger partial charge in [-0.25, -0.2) is 19.3 Å². The highest BCUT2D eigenvalue weighted by Gasteiger charge is 2.23. The maximum atomic E-state index is 13.3. The molecule has 0 aliphatic carbocycles. The normalized spacial score (nSPS) is 11.0. The Morgan fingerprint density at radius 3 is 2.33 bits per heavy atom. The van der Waals surface area contributed by atoms with E-state index in [9.17, 15) is 14.0 Å². The van der Waals surface area contributed by atoms with Crippen molar-refractivity contribution in [1.29, 1.82) is 0 Å². The Hall–Kier alpha value is -4.08. The van der Waals surface area contributed by atoms with Crippen LogP contribution in [0.25, 0.3) is 11.4 Å². The number of nitrogens with one attached hydrogen (secondary N) is 3. The number of hydrogen-bond donors (Lipinski definition) is 3. The van der Waals surface area contributed by atoms with Crippen molar-refractivity contribution in [2.75, 3.05) is 24.8 Å². The van der Waals surface area contributed by atoms with Gasteiger partial charge in [0.1, 0.15) is 5.82 Å². The zero-order valence-electron chi connectivity index (χ0n) is 19.0. The molecule has 10 heteroatoms. The standard InChI is InChI=1S/C23H25FN6O3/c1-23(2,3)22(32)30-18-9-17(15(12-26-18)21(31)25-4)29-16-8-6-7-14(19(16)33-5)20-27-10-13(24)11-28-20/h6-12H,1-5H3,(H,25,31)(H2,26,29,30,32). The van der Waals surface area contributed by atoms with E-state index in [-0.39, 0.29) is 29.0 Å². The Balaban J connectivity index is 2.04. The minimum Gasteiger partial charge on any atom is -0.494 e. The Kier molecular flexibility index (Phi) is 6.86. The lowest BCUT2D eigenvalue weighted by Gasteiger charge is -2.19. The van der Waals surface area contributed by atoms with Crippen LogP contribution in [0.5, 0.6) is 5.75 Å². The number of rotatable bonds is 6. The molecule has 0 saturated heterocycles. The molecule has 2 amide bonds. The molecule has 0 radical (unpaired) electrons. The second-order valence-corrected chi connectivity index (χ2v) is 8.13. The monoisotopic (exact) mass is 452 g/mol. The molecule has 2 heterocycles. The highest BCUT2D eigenvalue weighted by atomic mass is 19.1. The predicted molar refractivity (Wildman–Crippen MR) is 123 cm³/mol. The molecule has 2 aromatic heterocycles. The van der Waals surface area contributed by atoms with Crippen LogP contribution in [0.1, 0.15) is 31.1 Å². The lowest BCUT2D eigenvalue weighted by Crippen LogP contribution is -2.28. The van der Waals surface area contributed by atoms with Crippen LogP contribution in [-0.2, 0) is 4.79 Å². The first-order valence-corrected chi connectivity index (χ1v) is 10.1. The smallest absolute Gasteiger partial charge is 0.254 e. The summed E-state index contributed by atoms with van der Waals surface area (Å²) in [5.74, 6) is -0.191. The number of ether oxygens (including phenoxy) is 1. The fourth-order valence-electron chi connectivity index (χ4n) is 2.87. The molecular formula is C23H25FN6O3. The second kappa shape index (κ2) is 9.60. The number of nitrogens with zero attached hydrogens (tertiary/aromatic N) is 3. The summed E-state index contributed by atoms with van der Waals surface area (Å²) in [6.07, 6.45) is 3.51. The van der Waals surface area contributed by atoms with Crippen LogP contribution < -0.4 is 20.7 Å². The van der Waals surface area contributed by atoms with Gasteiger partial charge in [0.25, 0.3) is 5.91 Å². The van der Waals surface area contributed by atoms with Crippen molar-refractivity contribution in [3.63, 3.8) is 0 Å². The van der Waals surface area contributed by atoms with Gasteiger partial charge in [0.2, 0.25) is 5.91 Å². The third-order valence-electron chi connectivity index (χ3n) is 4.65. The summed E-state index contributed by atoms with van der Waals surface area (Å²) < 4.78 is 18.8. The minimum absolute atomic E-state index is 0.221. The summed E-state index contributed by atoms with van der Waals surface area (Å²) in [7, 11) is 2.99. The first kappa shape index (κ1) is 23.6. The maximum absolute atomic E-state index is 13.3. The van der Waals surface area contributed by atoms with Crippen LogP contribution in [0.2, 0.25) is 0 Å². The summed E-state index contributed by atoms with van der Waals surface area (Å²) in [5, 5.41) is 8.50. The molecule has 0 unspecified atom stereocenters. The molecule has 0 saturated carbocycles. The van der Waals surface area contributed by atoms with Gasteiger partial charge in [-0.15, -0.1) is 0 Å². The van der Waals surface area contributed by atoms with E-state index in [1.54, 1.807) is 45.0 Å². The number of benzene rings is 1. The fourth-order valence-corrected chi connectivity index (χ4v) is 2.87. The van der Waals surface area contributed by atoms with E-state index in [0.29, 0.717) is 22.7 Å². The van der Waals surface area contributed by atoms with Gasteiger partial charge in [-0.2, -0.15) is 0 Å². The Labute approximate surface area is 190 Å². The Morgan fingerprint density at radius 2 is 1.73 bits per heavy atom. The quantitative estimate of drug-likeness (QED) is 0.521. The third-order valence-corrected chi connectivity index (χ3v) is 4.65. The number of methoxy groups -OCH3 is 1. The number of aromatic nitrogens is 3. The van der Waals surface area contributed by atoms with Gasteiger partial charge >= 0.3 is 0 Å². The maximum Gasteiger partial charge on any atom is 0.254 e. The highest BCUT2D eigenvalue weighted by Crippen LogP contribution is 2.37. The number of hydrogen-bond acceptors (Lipinski definition) is 7. The van der Waals surface area contributed by atoms with Crippen LogP contribution in [0, 0.1) is 11.2 Å². The summed E-state index contributed by atoms with van der Waals surface area (Å²) in [6, 6.07) is 6.79.